The third-order valence-electron chi connectivity index (χ3n) is 4.17. The second-order valence-corrected chi connectivity index (χ2v) is 6.45. The summed E-state index contributed by atoms with van der Waals surface area (Å²) >= 11 is 0. The van der Waals surface area contributed by atoms with Crippen LogP contribution in [0.1, 0.15) is 58.2 Å². The van der Waals surface area contributed by atoms with Crippen molar-refractivity contribution in [2.24, 2.45) is 11.8 Å². The Balaban J connectivity index is 1.60. The molecule has 0 radical (unpaired) electrons. The first-order chi connectivity index (χ1) is 9.24. The lowest BCUT2D eigenvalue weighted by Crippen LogP contribution is -2.35. The van der Waals surface area contributed by atoms with Gasteiger partial charge in [-0.3, -0.25) is 0 Å². The zero-order chi connectivity index (χ0) is 13.5. The Bertz CT molecular complexity index is 332. The van der Waals surface area contributed by atoms with E-state index in [0.717, 1.165) is 36.7 Å². The van der Waals surface area contributed by atoms with E-state index in [9.17, 15) is 0 Å². The number of aromatic amines is 1. The molecule has 3 heteroatoms. The quantitative estimate of drug-likeness (QED) is 0.739. The Morgan fingerprint density at radius 1 is 1.42 bits per heavy atom. The summed E-state index contributed by atoms with van der Waals surface area (Å²) in [6.07, 6.45) is 13.0. The minimum Gasteiger partial charge on any atom is -0.349 e. The van der Waals surface area contributed by atoms with Crippen LogP contribution in [-0.4, -0.2) is 22.6 Å². The topological polar surface area (TPSA) is 40.7 Å². The molecule has 1 aromatic heterocycles. The molecule has 0 bridgehead atoms. The van der Waals surface area contributed by atoms with Crippen LogP contribution in [0.25, 0.3) is 0 Å². The fourth-order valence-corrected chi connectivity index (χ4v) is 3.35. The van der Waals surface area contributed by atoms with Gasteiger partial charge in [0.15, 0.2) is 0 Å². The Hall–Kier alpha value is -0.830. The highest BCUT2D eigenvalue weighted by Gasteiger charge is 2.21. The van der Waals surface area contributed by atoms with Crippen molar-refractivity contribution >= 4 is 0 Å². The van der Waals surface area contributed by atoms with Gasteiger partial charge in [-0.25, -0.2) is 4.98 Å². The van der Waals surface area contributed by atoms with Gasteiger partial charge in [0.2, 0.25) is 0 Å². The van der Waals surface area contributed by atoms with Crippen molar-refractivity contribution in [1.82, 2.24) is 15.3 Å². The molecule has 1 aliphatic carbocycles. The highest BCUT2D eigenvalue weighted by Crippen LogP contribution is 2.29. The lowest BCUT2D eigenvalue weighted by molar-refractivity contribution is 0.252. The van der Waals surface area contributed by atoms with Gasteiger partial charge in [0.25, 0.3) is 0 Å². The van der Waals surface area contributed by atoms with Crippen LogP contribution in [0.2, 0.25) is 0 Å². The summed E-state index contributed by atoms with van der Waals surface area (Å²) in [4.78, 5) is 7.43. The van der Waals surface area contributed by atoms with Crippen LogP contribution in [0.3, 0.4) is 0 Å². The van der Waals surface area contributed by atoms with Crippen molar-refractivity contribution in [2.75, 3.05) is 6.54 Å². The molecule has 1 saturated carbocycles. The Labute approximate surface area is 117 Å². The Morgan fingerprint density at radius 3 is 3.05 bits per heavy atom. The third kappa shape index (κ3) is 5.35. The van der Waals surface area contributed by atoms with E-state index < -0.39 is 0 Å². The van der Waals surface area contributed by atoms with Crippen molar-refractivity contribution in [3.8, 4) is 0 Å². The molecule has 0 aliphatic heterocycles. The summed E-state index contributed by atoms with van der Waals surface area (Å²) in [5.74, 6) is 2.92. The number of hydrogen-bond acceptors (Lipinski definition) is 2. The van der Waals surface area contributed by atoms with Crippen LogP contribution in [0.15, 0.2) is 12.4 Å². The molecule has 2 N–H and O–H groups in total. The smallest absolute Gasteiger partial charge is 0.106 e. The van der Waals surface area contributed by atoms with Crippen molar-refractivity contribution in [3.05, 3.63) is 18.2 Å². The van der Waals surface area contributed by atoms with E-state index in [0.29, 0.717) is 0 Å². The molecule has 0 saturated heterocycles. The van der Waals surface area contributed by atoms with Gasteiger partial charge in [0.1, 0.15) is 5.82 Å². The molecule has 2 atom stereocenters. The maximum absolute atomic E-state index is 4.26. The first-order valence-corrected chi connectivity index (χ1v) is 7.95. The van der Waals surface area contributed by atoms with Gasteiger partial charge in [-0.2, -0.15) is 0 Å². The number of nitrogens with zero attached hydrogens (tertiary/aromatic N) is 1. The molecular formula is C16H29N3. The van der Waals surface area contributed by atoms with Gasteiger partial charge >= 0.3 is 0 Å². The minimum atomic E-state index is 0.758. The number of H-pyrrole nitrogens is 1. The van der Waals surface area contributed by atoms with E-state index in [2.05, 4.69) is 29.1 Å². The van der Waals surface area contributed by atoms with Gasteiger partial charge in [-0.1, -0.05) is 26.7 Å². The number of aryl methyl sites for hydroxylation is 1. The number of hydrogen-bond donors (Lipinski definition) is 2. The maximum atomic E-state index is 4.26. The molecule has 2 rings (SSSR count). The summed E-state index contributed by atoms with van der Waals surface area (Å²) in [5, 5.41) is 3.75. The zero-order valence-corrected chi connectivity index (χ0v) is 12.5. The SMILES string of the molecule is CC(C)CC1CCCC(NCCCc2ncc[nH]2)C1. The molecule has 0 spiro atoms. The Morgan fingerprint density at radius 2 is 2.32 bits per heavy atom. The summed E-state index contributed by atoms with van der Waals surface area (Å²) < 4.78 is 0. The number of nitrogens with one attached hydrogen (secondary N) is 2. The lowest BCUT2D eigenvalue weighted by atomic mass is 9.81. The highest BCUT2D eigenvalue weighted by molar-refractivity contribution is 4.87. The van der Waals surface area contributed by atoms with Crippen LogP contribution in [0, 0.1) is 11.8 Å². The lowest BCUT2D eigenvalue weighted by Gasteiger charge is -2.31. The normalized spacial score (nSPS) is 23.9. The fourth-order valence-electron chi connectivity index (χ4n) is 3.35. The second-order valence-electron chi connectivity index (χ2n) is 6.45. The van der Waals surface area contributed by atoms with E-state index in [1.165, 1.54) is 38.5 Å². The molecule has 1 aliphatic rings. The molecule has 3 nitrogen and oxygen atoms in total. The molecule has 108 valence electrons. The minimum absolute atomic E-state index is 0.758. The fraction of sp³-hybridized carbons (Fsp3) is 0.812. The van der Waals surface area contributed by atoms with E-state index in [1.54, 1.807) is 0 Å². The standard InChI is InChI=1S/C16H29N3/c1-13(2)11-14-5-3-6-15(12-14)17-8-4-7-16-18-9-10-19-16/h9-10,13-15,17H,3-8,11-12H2,1-2H3,(H,18,19). The molecular weight excluding hydrogens is 234 g/mol. The van der Waals surface area contributed by atoms with E-state index in [1.807, 2.05) is 12.4 Å². The first kappa shape index (κ1) is 14.6. The van der Waals surface area contributed by atoms with Gasteiger partial charge in [0.05, 0.1) is 0 Å². The summed E-state index contributed by atoms with van der Waals surface area (Å²) in [6, 6.07) is 0.758. The molecule has 19 heavy (non-hydrogen) atoms. The summed E-state index contributed by atoms with van der Waals surface area (Å²) in [6.45, 7) is 5.82. The average molecular weight is 263 g/mol. The van der Waals surface area contributed by atoms with Crippen molar-refractivity contribution < 1.29 is 0 Å². The maximum Gasteiger partial charge on any atom is 0.106 e. The van der Waals surface area contributed by atoms with Crippen LogP contribution in [0.5, 0.6) is 0 Å². The predicted octanol–water partition coefficient (Wildman–Crippen LogP) is 3.54. The molecule has 0 aromatic carbocycles. The van der Waals surface area contributed by atoms with Gasteiger partial charge in [-0.15, -0.1) is 0 Å². The molecule has 1 heterocycles. The predicted molar refractivity (Wildman–Crippen MR) is 80.1 cm³/mol. The second kappa shape index (κ2) is 7.68. The van der Waals surface area contributed by atoms with Crippen LogP contribution in [-0.2, 0) is 6.42 Å². The average Bonchev–Trinajstić information content (AvgIpc) is 2.87. The van der Waals surface area contributed by atoms with Gasteiger partial charge < -0.3 is 10.3 Å². The van der Waals surface area contributed by atoms with E-state index >= 15 is 0 Å². The summed E-state index contributed by atoms with van der Waals surface area (Å²) in [7, 11) is 0. The number of rotatable bonds is 7. The van der Waals surface area contributed by atoms with Crippen molar-refractivity contribution in [1.29, 1.82) is 0 Å². The Kier molecular flexibility index (Phi) is 5.90. The highest BCUT2D eigenvalue weighted by atomic mass is 14.9. The van der Waals surface area contributed by atoms with Crippen molar-refractivity contribution in [2.45, 2.75) is 64.8 Å². The van der Waals surface area contributed by atoms with Crippen molar-refractivity contribution in [3.63, 3.8) is 0 Å². The van der Waals surface area contributed by atoms with E-state index in [-0.39, 0.29) is 0 Å². The van der Waals surface area contributed by atoms with Gasteiger partial charge in [-0.05, 0) is 44.1 Å². The molecule has 0 amide bonds. The molecule has 1 aromatic rings. The van der Waals surface area contributed by atoms with Crippen LogP contribution in [0.4, 0.5) is 0 Å². The molecule has 2 unspecified atom stereocenters. The zero-order valence-electron chi connectivity index (χ0n) is 12.5. The first-order valence-electron chi connectivity index (χ1n) is 7.95. The van der Waals surface area contributed by atoms with E-state index in [4.69, 9.17) is 0 Å². The monoisotopic (exact) mass is 263 g/mol. The summed E-state index contributed by atoms with van der Waals surface area (Å²) in [5.41, 5.74) is 0. The number of imidazole rings is 1. The van der Waals surface area contributed by atoms with Crippen LogP contribution < -0.4 is 5.32 Å². The number of aromatic nitrogens is 2. The molecule has 1 fully saturated rings. The largest absolute Gasteiger partial charge is 0.349 e. The van der Waals surface area contributed by atoms with Gasteiger partial charge in [0, 0.05) is 24.9 Å². The van der Waals surface area contributed by atoms with Crippen LogP contribution >= 0.6 is 0 Å². The third-order valence-corrected chi connectivity index (χ3v) is 4.17.